The van der Waals surface area contributed by atoms with Gasteiger partial charge in [0.15, 0.2) is 0 Å². The molecule has 1 aromatic heterocycles. The highest BCUT2D eigenvalue weighted by Gasteiger charge is 2.48. The first-order valence-electron chi connectivity index (χ1n) is 10.5. The van der Waals surface area contributed by atoms with E-state index in [0.29, 0.717) is 21.7 Å². The SMILES string of the molecule is Cc1ccc(F)c(C(C)[C@@H](c2n[nH]c(=O)o2)N2CC(C)(C)c3cc(Cl)ccc3S2(=O)=O)c1C. The van der Waals surface area contributed by atoms with Crippen LogP contribution in [0.5, 0.6) is 0 Å². The van der Waals surface area contributed by atoms with E-state index >= 15 is 4.39 Å². The molecule has 1 unspecified atom stereocenters. The molecule has 0 saturated carbocycles. The topological polar surface area (TPSA) is 96.3 Å². The number of nitrogens with one attached hydrogen (secondary N) is 1. The fourth-order valence-corrected chi connectivity index (χ4v) is 7.01. The standard InChI is InChI=1S/C23H25ClFN3O4S/c1-12-6-8-17(25)19(13(12)2)14(3)20(21-26-27-22(29)32-21)28-11-23(4,5)16-10-15(24)7-9-18(16)33(28,30)31/h6-10,14,20H,11H2,1-5H3,(H,27,29)/t14?,20-/m0/s1. The van der Waals surface area contributed by atoms with Gasteiger partial charge in [0.2, 0.25) is 15.9 Å². The van der Waals surface area contributed by atoms with Crippen LogP contribution < -0.4 is 5.76 Å². The Hall–Kier alpha value is -2.49. The molecule has 0 radical (unpaired) electrons. The van der Waals surface area contributed by atoms with Gasteiger partial charge in [-0.3, -0.25) is 0 Å². The van der Waals surface area contributed by atoms with Gasteiger partial charge in [-0.05, 0) is 60.4 Å². The predicted octanol–water partition coefficient (Wildman–Crippen LogP) is 4.60. The summed E-state index contributed by atoms with van der Waals surface area (Å²) in [5.41, 5.74) is 1.88. The molecule has 0 fully saturated rings. The summed E-state index contributed by atoms with van der Waals surface area (Å²) < 4.78 is 49.2. The molecular weight excluding hydrogens is 469 g/mol. The molecule has 3 aromatic rings. The van der Waals surface area contributed by atoms with E-state index in [9.17, 15) is 13.2 Å². The molecule has 7 nitrogen and oxygen atoms in total. The Morgan fingerprint density at radius 1 is 1.24 bits per heavy atom. The number of hydrogen-bond acceptors (Lipinski definition) is 5. The van der Waals surface area contributed by atoms with Gasteiger partial charge in [0, 0.05) is 22.9 Å². The lowest BCUT2D eigenvalue weighted by Crippen LogP contribution is -2.49. The van der Waals surface area contributed by atoms with Crippen LogP contribution in [0.4, 0.5) is 4.39 Å². The number of aromatic amines is 1. The maximum atomic E-state index is 15.1. The minimum absolute atomic E-state index is 0.0563. The van der Waals surface area contributed by atoms with E-state index in [2.05, 4.69) is 10.2 Å². The van der Waals surface area contributed by atoms with Crippen LogP contribution in [0.3, 0.4) is 0 Å². The lowest BCUT2D eigenvalue weighted by molar-refractivity contribution is 0.201. The van der Waals surface area contributed by atoms with E-state index in [0.717, 1.165) is 5.56 Å². The second kappa shape index (κ2) is 8.07. The number of hydrogen-bond donors (Lipinski definition) is 1. The summed E-state index contributed by atoms with van der Waals surface area (Å²) in [5, 5.41) is 6.59. The number of nitrogens with zero attached hydrogens (tertiary/aromatic N) is 2. The summed E-state index contributed by atoms with van der Waals surface area (Å²) in [5.74, 6) is -2.11. The number of H-pyrrole nitrogens is 1. The van der Waals surface area contributed by atoms with E-state index in [4.69, 9.17) is 16.0 Å². The number of fused-ring (bicyclic) bond motifs is 1. The van der Waals surface area contributed by atoms with E-state index in [1.807, 2.05) is 20.8 Å². The van der Waals surface area contributed by atoms with Crippen LogP contribution in [0.2, 0.25) is 5.02 Å². The smallest absolute Gasteiger partial charge is 0.391 e. The quantitative estimate of drug-likeness (QED) is 0.573. The van der Waals surface area contributed by atoms with Crippen molar-refractivity contribution in [1.29, 1.82) is 0 Å². The average molecular weight is 494 g/mol. The van der Waals surface area contributed by atoms with Crippen LogP contribution in [0.15, 0.2) is 44.4 Å². The molecule has 33 heavy (non-hydrogen) atoms. The van der Waals surface area contributed by atoms with Crippen LogP contribution in [0.1, 0.15) is 60.9 Å². The van der Waals surface area contributed by atoms with Crippen LogP contribution in [-0.2, 0) is 15.4 Å². The first-order valence-corrected chi connectivity index (χ1v) is 12.3. The molecule has 1 aliphatic heterocycles. The van der Waals surface area contributed by atoms with Crippen molar-refractivity contribution in [3.63, 3.8) is 0 Å². The molecule has 0 amide bonds. The van der Waals surface area contributed by atoms with Crippen molar-refractivity contribution in [3.05, 3.63) is 79.9 Å². The highest BCUT2D eigenvalue weighted by molar-refractivity contribution is 7.89. The molecule has 0 saturated heterocycles. The summed E-state index contributed by atoms with van der Waals surface area (Å²) in [6.45, 7) is 9.23. The van der Waals surface area contributed by atoms with Crippen molar-refractivity contribution < 1.29 is 17.2 Å². The van der Waals surface area contributed by atoms with Gasteiger partial charge in [0.05, 0.1) is 4.90 Å². The zero-order chi connectivity index (χ0) is 24.3. The number of aromatic nitrogens is 2. The Morgan fingerprint density at radius 3 is 2.58 bits per heavy atom. The van der Waals surface area contributed by atoms with Crippen molar-refractivity contribution in [3.8, 4) is 0 Å². The largest absolute Gasteiger partial charge is 0.434 e. The Balaban J connectivity index is 1.96. The lowest BCUT2D eigenvalue weighted by atomic mass is 9.82. The zero-order valence-electron chi connectivity index (χ0n) is 18.9. The minimum atomic E-state index is -4.06. The summed E-state index contributed by atoms with van der Waals surface area (Å²) >= 11 is 6.16. The predicted molar refractivity (Wildman–Crippen MR) is 123 cm³/mol. The third kappa shape index (κ3) is 3.92. The molecule has 1 N–H and O–H groups in total. The second-order valence-electron chi connectivity index (χ2n) is 9.16. The summed E-state index contributed by atoms with van der Waals surface area (Å²) in [4.78, 5) is 11.9. The van der Waals surface area contributed by atoms with Crippen LogP contribution in [0.25, 0.3) is 0 Å². The number of halogens is 2. The lowest BCUT2D eigenvalue weighted by Gasteiger charge is -2.43. The van der Waals surface area contributed by atoms with Crippen molar-refractivity contribution in [1.82, 2.24) is 14.5 Å². The van der Waals surface area contributed by atoms with Crippen molar-refractivity contribution >= 4 is 21.6 Å². The number of benzene rings is 2. The van der Waals surface area contributed by atoms with Crippen LogP contribution in [-0.4, -0.2) is 29.5 Å². The zero-order valence-corrected chi connectivity index (χ0v) is 20.5. The van der Waals surface area contributed by atoms with Gasteiger partial charge < -0.3 is 4.42 Å². The summed E-state index contributed by atoms with van der Waals surface area (Å²) in [6, 6.07) is 6.62. The van der Waals surface area contributed by atoms with Gasteiger partial charge >= 0.3 is 5.76 Å². The molecule has 2 atom stereocenters. The maximum Gasteiger partial charge on any atom is 0.434 e. The van der Waals surface area contributed by atoms with Crippen LogP contribution in [0, 0.1) is 19.7 Å². The van der Waals surface area contributed by atoms with Gasteiger partial charge in [0.25, 0.3) is 0 Å². The Morgan fingerprint density at radius 2 is 1.94 bits per heavy atom. The highest BCUT2D eigenvalue weighted by atomic mass is 35.5. The molecule has 10 heteroatoms. The first kappa shape index (κ1) is 23.7. The molecule has 0 bridgehead atoms. The molecule has 2 heterocycles. The minimum Gasteiger partial charge on any atom is -0.391 e. The Labute approximate surface area is 196 Å². The van der Waals surface area contributed by atoms with Crippen molar-refractivity contribution in [2.75, 3.05) is 6.54 Å². The fraction of sp³-hybridized carbons (Fsp3) is 0.391. The maximum absolute atomic E-state index is 15.1. The molecule has 0 spiro atoms. The molecular formula is C23H25ClFN3O4S. The number of rotatable bonds is 4. The third-order valence-electron chi connectivity index (χ3n) is 6.49. The number of sulfonamides is 1. The van der Waals surface area contributed by atoms with Crippen molar-refractivity contribution in [2.24, 2.45) is 0 Å². The monoisotopic (exact) mass is 493 g/mol. The van der Waals surface area contributed by atoms with E-state index < -0.39 is 39.0 Å². The van der Waals surface area contributed by atoms with Crippen molar-refractivity contribution in [2.45, 2.75) is 56.9 Å². The van der Waals surface area contributed by atoms with Gasteiger partial charge in [0.1, 0.15) is 11.9 Å². The summed E-state index contributed by atoms with van der Waals surface area (Å²) in [7, 11) is -4.06. The van der Waals surface area contributed by atoms with Gasteiger partial charge in [-0.2, -0.15) is 4.31 Å². The van der Waals surface area contributed by atoms with Gasteiger partial charge in [-0.25, -0.2) is 22.7 Å². The van der Waals surface area contributed by atoms with Gasteiger partial charge in [-0.15, -0.1) is 5.10 Å². The normalized spacial score (nSPS) is 19.1. The third-order valence-corrected chi connectivity index (χ3v) is 8.61. The van der Waals surface area contributed by atoms with E-state index in [-0.39, 0.29) is 17.3 Å². The first-order chi connectivity index (χ1) is 15.3. The average Bonchev–Trinajstić information content (AvgIpc) is 3.15. The molecule has 1 aliphatic rings. The van der Waals surface area contributed by atoms with Crippen LogP contribution >= 0.6 is 11.6 Å². The van der Waals surface area contributed by atoms with E-state index in [1.165, 1.54) is 22.5 Å². The van der Waals surface area contributed by atoms with E-state index in [1.54, 1.807) is 26.0 Å². The molecule has 4 rings (SSSR count). The number of aryl methyl sites for hydroxylation is 1. The Bertz CT molecular complexity index is 1400. The second-order valence-corrected chi connectivity index (χ2v) is 11.5. The van der Waals surface area contributed by atoms with Gasteiger partial charge in [-0.1, -0.05) is 38.4 Å². The molecule has 2 aromatic carbocycles. The summed E-state index contributed by atoms with van der Waals surface area (Å²) in [6.07, 6.45) is 0. The Kier molecular flexibility index (Phi) is 5.79. The fourth-order valence-electron chi connectivity index (χ4n) is 4.67. The molecule has 176 valence electrons. The highest BCUT2D eigenvalue weighted by Crippen LogP contribution is 2.46. The molecule has 0 aliphatic carbocycles.